The summed E-state index contributed by atoms with van der Waals surface area (Å²) < 4.78 is 38.7. The molecular weight excluding hydrogens is 233 g/mol. The summed E-state index contributed by atoms with van der Waals surface area (Å²) in [5.74, 6) is 0. The SMILES string of the molecule is Cn1[nH]cc(-c2cccc(C(F)(F)F)c2)c1=O. The lowest BCUT2D eigenvalue weighted by Crippen LogP contribution is -2.13. The fourth-order valence-electron chi connectivity index (χ4n) is 1.53. The van der Waals surface area contributed by atoms with E-state index in [0.717, 1.165) is 12.1 Å². The zero-order valence-electron chi connectivity index (χ0n) is 8.88. The molecule has 3 nitrogen and oxygen atoms in total. The Bertz CT molecular complexity index is 595. The number of halogens is 3. The average molecular weight is 242 g/mol. The molecule has 0 amide bonds. The first-order valence-electron chi connectivity index (χ1n) is 4.81. The van der Waals surface area contributed by atoms with Crippen molar-refractivity contribution in [1.29, 1.82) is 0 Å². The summed E-state index contributed by atoms with van der Waals surface area (Å²) in [6, 6.07) is 4.69. The van der Waals surface area contributed by atoms with Gasteiger partial charge in [-0.1, -0.05) is 12.1 Å². The standard InChI is InChI=1S/C11H9F3N2O/c1-16-10(17)9(6-15-16)7-3-2-4-8(5-7)11(12,13)14/h2-6,15H,1H3. The zero-order valence-corrected chi connectivity index (χ0v) is 8.88. The van der Waals surface area contributed by atoms with Gasteiger partial charge in [-0.15, -0.1) is 0 Å². The third kappa shape index (κ3) is 2.11. The second-order valence-corrected chi connectivity index (χ2v) is 3.63. The lowest BCUT2D eigenvalue weighted by molar-refractivity contribution is -0.137. The lowest BCUT2D eigenvalue weighted by Gasteiger charge is -2.07. The van der Waals surface area contributed by atoms with Gasteiger partial charge in [-0.2, -0.15) is 13.2 Å². The van der Waals surface area contributed by atoms with Crippen molar-refractivity contribution in [3.05, 3.63) is 46.4 Å². The van der Waals surface area contributed by atoms with Gasteiger partial charge in [0.1, 0.15) is 0 Å². The van der Waals surface area contributed by atoms with Gasteiger partial charge in [0.2, 0.25) is 0 Å². The van der Waals surface area contributed by atoms with Crippen molar-refractivity contribution in [3.63, 3.8) is 0 Å². The molecule has 0 bridgehead atoms. The molecule has 2 aromatic rings. The Hall–Kier alpha value is -1.98. The molecule has 1 aromatic heterocycles. The van der Waals surface area contributed by atoms with E-state index in [1.807, 2.05) is 0 Å². The van der Waals surface area contributed by atoms with E-state index in [0.29, 0.717) is 0 Å². The second-order valence-electron chi connectivity index (χ2n) is 3.63. The van der Waals surface area contributed by atoms with Gasteiger partial charge in [0.15, 0.2) is 0 Å². The summed E-state index contributed by atoms with van der Waals surface area (Å²) >= 11 is 0. The van der Waals surface area contributed by atoms with E-state index in [2.05, 4.69) is 5.10 Å². The molecule has 0 aliphatic heterocycles. The van der Waals surface area contributed by atoms with E-state index < -0.39 is 11.7 Å². The first-order valence-corrected chi connectivity index (χ1v) is 4.81. The summed E-state index contributed by atoms with van der Waals surface area (Å²) in [4.78, 5) is 11.6. The minimum Gasteiger partial charge on any atom is -0.303 e. The van der Waals surface area contributed by atoms with Crippen LogP contribution < -0.4 is 5.56 Å². The quantitative estimate of drug-likeness (QED) is 0.819. The number of alkyl halides is 3. The Kier molecular flexibility index (Phi) is 2.57. The van der Waals surface area contributed by atoms with Gasteiger partial charge < -0.3 is 5.10 Å². The van der Waals surface area contributed by atoms with Crippen LogP contribution in [0.3, 0.4) is 0 Å². The molecule has 0 fully saturated rings. The summed E-state index contributed by atoms with van der Waals surface area (Å²) in [6.45, 7) is 0. The number of H-pyrrole nitrogens is 1. The number of nitrogens with one attached hydrogen (secondary N) is 1. The third-order valence-corrected chi connectivity index (χ3v) is 2.44. The van der Waals surface area contributed by atoms with Crippen molar-refractivity contribution in [2.75, 3.05) is 0 Å². The Morgan fingerprint density at radius 3 is 2.53 bits per heavy atom. The van der Waals surface area contributed by atoms with Crippen LogP contribution in [0.4, 0.5) is 13.2 Å². The van der Waals surface area contributed by atoms with Crippen molar-refractivity contribution in [2.24, 2.45) is 7.05 Å². The number of aromatic amines is 1. The molecule has 0 aliphatic rings. The first kappa shape index (κ1) is 11.5. The number of aryl methyl sites for hydroxylation is 1. The van der Waals surface area contributed by atoms with Crippen molar-refractivity contribution in [2.45, 2.75) is 6.18 Å². The van der Waals surface area contributed by atoms with Gasteiger partial charge in [0.25, 0.3) is 5.56 Å². The minimum absolute atomic E-state index is 0.221. The molecule has 0 aliphatic carbocycles. The second kappa shape index (κ2) is 3.80. The van der Waals surface area contributed by atoms with E-state index in [9.17, 15) is 18.0 Å². The van der Waals surface area contributed by atoms with Crippen molar-refractivity contribution in [3.8, 4) is 11.1 Å². The van der Waals surface area contributed by atoms with Crippen LogP contribution in [-0.4, -0.2) is 9.78 Å². The number of nitrogens with zero attached hydrogens (tertiary/aromatic N) is 1. The highest BCUT2D eigenvalue weighted by atomic mass is 19.4. The maximum Gasteiger partial charge on any atom is 0.416 e. The molecule has 2 rings (SSSR count). The number of hydrogen-bond donors (Lipinski definition) is 1. The van der Waals surface area contributed by atoms with Crippen LogP contribution in [0.1, 0.15) is 5.56 Å². The molecule has 17 heavy (non-hydrogen) atoms. The third-order valence-electron chi connectivity index (χ3n) is 2.44. The van der Waals surface area contributed by atoms with Crippen LogP contribution >= 0.6 is 0 Å². The highest BCUT2D eigenvalue weighted by molar-refractivity contribution is 5.62. The molecule has 1 heterocycles. The Labute approximate surface area is 94.5 Å². The number of aromatic nitrogens is 2. The molecule has 0 saturated carbocycles. The average Bonchev–Trinajstić information content (AvgIpc) is 2.59. The molecule has 0 spiro atoms. The van der Waals surface area contributed by atoms with E-state index in [4.69, 9.17) is 0 Å². The highest BCUT2D eigenvalue weighted by Gasteiger charge is 2.30. The highest BCUT2D eigenvalue weighted by Crippen LogP contribution is 2.31. The van der Waals surface area contributed by atoms with E-state index >= 15 is 0 Å². The van der Waals surface area contributed by atoms with E-state index in [1.54, 1.807) is 0 Å². The van der Waals surface area contributed by atoms with Gasteiger partial charge in [-0.05, 0) is 17.7 Å². The molecule has 0 unspecified atom stereocenters. The molecular formula is C11H9F3N2O. The lowest BCUT2D eigenvalue weighted by atomic mass is 10.1. The van der Waals surface area contributed by atoms with Crippen LogP contribution in [-0.2, 0) is 13.2 Å². The predicted octanol–water partition coefficient (Wildman–Crippen LogP) is 2.40. The van der Waals surface area contributed by atoms with Crippen molar-refractivity contribution >= 4 is 0 Å². The van der Waals surface area contributed by atoms with Gasteiger partial charge in [0, 0.05) is 13.2 Å². The normalized spacial score (nSPS) is 11.8. The molecule has 1 N–H and O–H groups in total. The van der Waals surface area contributed by atoms with Crippen molar-refractivity contribution in [1.82, 2.24) is 9.78 Å². The summed E-state index contributed by atoms with van der Waals surface area (Å²) in [5.41, 5.74) is -0.650. The van der Waals surface area contributed by atoms with Crippen LogP contribution in [0.2, 0.25) is 0 Å². The molecule has 0 saturated heterocycles. The maximum absolute atomic E-state index is 12.5. The molecule has 0 radical (unpaired) electrons. The Morgan fingerprint density at radius 1 is 1.29 bits per heavy atom. The monoisotopic (exact) mass is 242 g/mol. The molecule has 6 heteroatoms. The number of rotatable bonds is 1. The molecule has 1 aromatic carbocycles. The fraction of sp³-hybridized carbons (Fsp3) is 0.182. The maximum atomic E-state index is 12.5. The Morgan fingerprint density at radius 2 is 2.00 bits per heavy atom. The van der Waals surface area contributed by atoms with Gasteiger partial charge in [0.05, 0.1) is 11.1 Å². The predicted molar refractivity (Wildman–Crippen MR) is 56.5 cm³/mol. The fourth-order valence-corrected chi connectivity index (χ4v) is 1.53. The van der Waals surface area contributed by atoms with Crippen LogP contribution in [0, 0.1) is 0 Å². The van der Waals surface area contributed by atoms with Gasteiger partial charge >= 0.3 is 6.18 Å². The number of benzene rings is 1. The van der Waals surface area contributed by atoms with Gasteiger partial charge in [-0.3, -0.25) is 9.48 Å². The van der Waals surface area contributed by atoms with Crippen LogP contribution in [0.15, 0.2) is 35.3 Å². The van der Waals surface area contributed by atoms with Crippen molar-refractivity contribution < 1.29 is 13.2 Å². The smallest absolute Gasteiger partial charge is 0.303 e. The minimum atomic E-state index is -4.41. The summed E-state index contributed by atoms with van der Waals surface area (Å²) in [5, 5.41) is 2.62. The molecule has 90 valence electrons. The van der Waals surface area contributed by atoms with Crippen LogP contribution in [0.25, 0.3) is 11.1 Å². The Balaban J connectivity index is 2.55. The summed E-state index contributed by atoms with van der Waals surface area (Å²) in [6.07, 6.45) is -3.02. The summed E-state index contributed by atoms with van der Waals surface area (Å²) in [7, 11) is 1.50. The molecule has 0 atom stereocenters. The van der Waals surface area contributed by atoms with Gasteiger partial charge in [-0.25, -0.2) is 0 Å². The number of hydrogen-bond acceptors (Lipinski definition) is 1. The first-order chi connectivity index (χ1) is 7.89. The topological polar surface area (TPSA) is 37.8 Å². The van der Waals surface area contributed by atoms with Crippen LogP contribution in [0.5, 0.6) is 0 Å². The zero-order chi connectivity index (χ0) is 12.6. The van der Waals surface area contributed by atoms with E-state index in [1.165, 1.54) is 30.1 Å². The largest absolute Gasteiger partial charge is 0.416 e. The van der Waals surface area contributed by atoms with E-state index in [-0.39, 0.29) is 16.7 Å².